The van der Waals surface area contributed by atoms with E-state index in [1.807, 2.05) is 12.1 Å². The van der Waals surface area contributed by atoms with Crippen LogP contribution in [0.4, 0.5) is 32.0 Å². The summed E-state index contributed by atoms with van der Waals surface area (Å²) in [6.45, 7) is 0.918. The van der Waals surface area contributed by atoms with E-state index in [9.17, 15) is 26.3 Å². The third-order valence-corrected chi connectivity index (χ3v) is 7.11. The summed E-state index contributed by atoms with van der Waals surface area (Å²) in [5, 5.41) is 3.23. The molecular formula is C33H28F6N2O2. The topological polar surface area (TPSA) is 56.5 Å². The molecule has 0 aliphatic carbocycles. The van der Waals surface area contributed by atoms with Crippen molar-refractivity contribution in [2.75, 3.05) is 18.8 Å². The van der Waals surface area contributed by atoms with Crippen molar-refractivity contribution in [2.24, 2.45) is 0 Å². The number of rotatable bonds is 8. The lowest BCUT2D eigenvalue weighted by atomic mass is 9.89. The van der Waals surface area contributed by atoms with Crippen molar-refractivity contribution in [3.05, 3.63) is 119 Å². The summed E-state index contributed by atoms with van der Waals surface area (Å²) in [5.74, 6) is -0.609. The van der Waals surface area contributed by atoms with Crippen LogP contribution in [0.3, 0.4) is 0 Å². The second-order valence-corrected chi connectivity index (χ2v) is 10.0. The van der Waals surface area contributed by atoms with Crippen LogP contribution < -0.4 is 20.5 Å². The van der Waals surface area contributed by atoms with E-state index in [2.05, 4.69) is 5.32 Å². The van der Waals surface area contributed by atoms with E-state index in [1.165, 1.54) is 36.4 Å². The van der Waals surface area contributed by atoms with Gasteiger partial charge in [-0.1, -0.05) is 42.5 Å². The van der Waals surface area contributed by atoms with Crippen molar-refractivity contribution < 1.29 is 35.8 Å². The van der Waals surface area contributed by atoms with Gasteiger partial charge in [0.15, 0.2) is 0 Å². The van der Waals surface area contributed by atoms with Crippen LogP contribution in [0.5, 0.6) is 11.5 Å². The summed E-state index contributed by atoms with van der Waals surface area (Å²) in [6.07, 6.45) is -6.57. The minimum absolute atomic E-state index is 0.173. The van der Waals surface area contributed by atoms with Crippen LogP contribution in [0.15, 0.2) is 91.0 Å². The van der Waals surface area contributed by atoms with Crippen LogP contribution in [0.25, 0.3) is 16.7 Å². The molecule has 43 heavy (non-hydrogen) atoms. The maximum absolute atomic E-state index is 13.7. The molecule has 3 N–H and O–H groups in total. The van der Waals surface area contributed by atoms with Gasteiger partial charge in [-0.05, 0) is 94.9 Å². The largest absolute Gasteiger partial charge is 0.488 e. The van der Waals surface area contributed by atoms with Crippen molar-refractivity contribution in [1.82, 2.24) is 5.32 Å². The molecule has 10 heteroatoms. The number of nitrogens with one attached hydrogen (secondary N) is 1. The molecule has 0 amide bonds. The van der Waals surface area contributed by atoms with Gasteiger partial charge in [-0.2, -0.15) is 26.3 Å². The zero-order valence-electron chi connectivity index (χ0n) is 22.9. The summed E-state index contributed by atoms with van der Waals surface area (Å²) >= 11 is 0. The Labute approximate surface area is 244 Å². The van der Waals surface area contributed by atoms with E-state index in [4.69, 9.17) is 15.2 Å². The van der Waals surface area contributed by atoms with Gasteiger partial charge in [-0.25, -0.2) is 0 Å². The highest BCUT2D eigenvalue weighted by molar-refractivity contribution is 5.77. The fourth-order valence-electron chi connectivity index (χ4n) is 4.99. The number of alkyl halides is 6. The van der Waals surface area contributed by atoms with Crippen molar-refractivity contribution >= 4 is 11.3 Å². The van der Waals surface area contributed by atoms with Gasteiger partial charge >= 0.3 is 12.4 Å². The number of hydrogen-bond acceptors (Lipinski definition) is 4. The minimum atomic E-state index is -4.60. The number of nitrogen functional groups attached to an aromatic ring is 1. The fourth-order valence-corrected chi connectivity index (χ4v) is 4.99. The van der Waals surface area contributed by atoms with Crippen molar-refractivity contribution in [1.29, 1.82) is 0 Å². The lowest BCUT2D eigenvalue weighted by Gasteiger charge is -2.22. The van der Waals surface area contributed by atoms with Gasteiger partial charge in [0, 0.05) is 12.2 Å². The fraction of sp³-hybridized carbons (Fsp3) is 0.212. The molecule has 4 nitrogen and oxygen atoms in total. The van der Waals surface area contributed by atoms with Crippen molar-refractivity contribution in [3.63, 3.8) is 0 Å². The van der Waals surface area contributed by atoms with Crippen LogP contribution in [-0.2, 0) is 25.6 Å². The summed E-state index contributed by atoms with van der Waals surface area (Å²) in [4.78, 5) is 0. The van der Waals surface area contributed by atoms with E-state index in [1.54, 1.807) is 30.3 Å². The number of benzene rings is 4. The maximum atomic E-state index is 13.7. The van der Waals surface area contributed by atoms with Crippen LogP contribution >= 0.6 is 0 Å². The van der Waals surface area contributed by atoms with Gasteiger partial charge in [0.2, 0.25) is 0 Å². The smallest absolute Gasteiger partial charge is 0.419 e. The molecule has 1 heterocycles. The lowest BCUT2D eigenvalue weighted by molar-refractivity contribution is -0.139. The zero-order valence-corrected chi connectivity index (χ0v) is 22.9. The number of para-hydroxylation sites is 2. The standard InChI is InChI=1S/C33H28F6N2O2/c34-32(35,36)28-5-1-3-7-30(28)42-19-23-18-27(22-13-15-41-16-14-22)24(17-26(23)21-9-11-25(40)12-10-21)20-43-31-8-4-2-6-29(31)33(37,38)39/h1-13,17-18,41H,14-16,19-20,40H2. The molecule has 4 aromatic carbocycles. The SMILES string of the molecule is Nc1ccc(-c2cc(COc3ccccc3C(F)(F)F)c(C3=CCNCC3)cc2COc2ccccc2C(F)(F)F)cc1. The number of hydrogen-bond donors (Lipinski definition) is 2. The van der Waals surface area contributed by atoms with Crippen molar-refractivity contribution in [2.45, 2.75) is 32.0 Å². The molecular weight excluding hydrogens is 570 g/mol. The molecule has 0 spiro atoms. The molecule has 1 aliphatic heterocycles. The molecule has 0 radical (unpaired) electrons. The summed E-state index contributed by atoms with van der Waals surface area (Å²) in [7, 11) is 0. The molecule has 0 unspecified atom stereocenters. The van der Waals surface area contributed by atoms with E-state index >= 15 is 0 Å². The Morgan fingerprint density at radius 2 is 1.19 bits per heavy atom. The molecule has 4 aromatic rings. The molecule has 0 saturated heterocycles. The van der Waals surface area contributed by atoms with Gasteiger partial charge < -0.3 is 20.5 Å². The Hall–Kier alpha value is -4.44. The van der Waals surface area contributed by atoms with Gasteiger partial charge in [0.05, 0.1) is 11.1 Å². The summed E-state index contributed by atoms with van der Waals surface area (Å²) in [6, 6.07) is 20.5. The first kappa shape index (κ1) is 30.0. The van der Waals surface area contributed by atoms with Gasteiger partial charge in [-0.15, -0.1) is 0 Å². The highest BCUT2D eigenvalue weighted by Gasteiger charge is 2.35. The van der Waals surface area contributed by atoms with Gasteiger partial charge in [-0.3, -0.25) is 0 Å². The second kappa shape index (κ2) is 12.4. The third kappa shape index (κ3) is 7.14. The van der Waals surface area contributed by atoms with Gasteiger partial charge in [0.1, 0.15) is 24.7 Å². The highest BCUT2D eigenvalue weighted by Crippen LogP contribution is 2.39. The number of anilines is 1. The van der Waals surface area contributed by atoms with E-state index in [-0.39, 0.29) is 24.7 Å². The lowest BCUT2D eigenvalue weighted by Crippen LogP contribution is -2.20. The predicted molar refractivity (Wildman–Crippen MR) is 153 cm³/mol. The van der Waals surface area contributed by atoms with E-state index in [0.29, 0.717) is 47.5 Å². The minimum Gasteiger partial charge on any atom is -0.488 e. The molecule has 1 aliphatic rings. The quantitative estimate of drug-likeness (QED) is 0.158. The van der Waals surface area contributed by atoms with Crippen molar-refractivity contribution in [3.8, 4) is 22.6 Å². The van der Waals surface area contributed by atoms with E-state index < -0.39 is 23.5 Å². The number of halogens is 6. The summed E-state index contributed by atoms with van der Waals surface area (Å²) < 4.78 is 93.5. The Balaban J connectivity index is 1.59. The monoisotopic (exact) mass is 598 g/mol. The van der Waals surface area contributed by atoms with Gasteiger partial charge in [0.25, 0.3) is 0 Å². The average Bonchev–Trinajstić information content (AvgIpc) is 2.99. The van der Waals surface area contributed by atoms with Crippen LogP contribution in [0, 0.1) is 0 Å². The predicted octanol–water partition coefficient (Wildman–Crippen LogP) is 8.51. The Morgan fingerprint density at radius 1 is 0.674 bits per heavy atom. The van der Waals surface area contributed by atoms with Crippen LogP contribution in [0.1, 0.15) is 34.2 Å². The van der Waals surface area contributed by atoms with E-state index in [0.717, 1.165) is 23.3 Å². The summed E-state index contributed by atoms with van der Waals surface area (Å²) in [5.41, 5.74) is 8.86. The molecule has 0 bridgehead atoms. The Bertz CT molecular complexity index is 1610. The number of ether oxygens (including phenoxy) is 2. The molecule has 0 aromatic heterocycles. The molecule has 0 fully saturated rings. The number of nitrogens with two attached hydrogens (primary N) is 1. The molecule has 0 saturated carbocycles. The average molecular weight is 599 g/mol. The normalized spacial score (nSPS) is 13.9. The molecule has 224 valence electrons. The zero-order chi connectivity index (χ0) is 30.6. The van der Waals surface area contributed by atoms with Crippen LogP contribution in [0.2, 0.25) is 0 Å². The second-order valence-electron chi connectivity index (χ2n) is 10.0. The molecule has 0 atom stereocenters. The first-order chi connectivity index (χ1) is 20.5. The maximum Gasteiger partial charge on any atom is 0.419 e. The first-order valence-electron chi connectivity index (χ1n) is 13.5. The highest BCUT2D eigenvalue weighted by atomic mass is 19.4. The Kier molecular flexibility index (Phi) is 8.68. The third-order valence-electron chi connectivity index (χ3n) is 7.11. The Morgan fingerprint density at radius 3 is 1.70 bits per heavy atom. The van der Waals surface area contributed by atoms with Crippen LogP contribution in [-0.4, -0.2) is 13.1 Å². The first-order valence-corrected chi connectivity index (χ1v) is 13.5. The molecule has 5 rings (SSSR count).